The normalized spacial score (nSPS) is 23.0. The van der Waals surface area contributed by atoms with Gasteiger partial charge in [0.25, 0.3) is 0 Å². The number of carbonyl (C=O) groups is 1. The van der Waals surface area contributed by atoms with Crippen LogP contribution in [0.5, 0.6) is 0 Å². The van der Waals surface area contributed by atoms with Crippen molar-refractivity contribution in [3.05, 3.63) is 0 Å². The Morgan fingerprint density at radius 2 is 2.06 bits per heavy atom. The van der Waals surface area contributed by atoms with Gasteiger partial charge in [0.1, 0.15) is 5.54 Å². The fraction of sp³-hybridized carbons (Fsp3) is 0.818. The first-order valence-corrected chi connectivity index (χ1v) is 7.64. The Kier molecular flexibility index (Phi) is 4.15. The second kappa shape index (κ2) is 5.05. The summed E-state index contributed by atoms with van der Waals surface area (Å²) in [6, 6.07) is 2.11. The predicted octanol–water partition coefficient (Wildman–Crippen LogP) is 0.620. The van der Waals surface area contributed by atoms with Crippen molar-refractivity contribution in [3.8, 4) is 6.07 Å². The number of nitriles is 1. The maximum absolute atomic E-state index is 11.9. The molecule has 0 aliphatic carbocycles. The van der Waals surface area contributed by atoms with Crippen LogP contribution < -0.4 is 5.32 Å². The van der Waals surface area contributed by atoms with Crippen molar-refractivity contribution in [1.29, 1.82) is 5.26 Å². The molecular formula is C11H18N2O3S. The van der Waals surface area contributed by atoms with Gasteiger partial charge in [0, 0.05) is 0 Å². The lowest BCUT2D eigenvalue weighted by molar-refractivity contribution is -0.125. The van der Waals surface area contributed by atoms with Crippen molar-refractivity contribution in [2.24, 2.45) is 5.92 Å². The third kappa shape index (κ3) is 3.19. The molecule has 1 atom stereocenters. The minimum absolute atomic E-state index is 0.0723. The van der Waals surface area contributed by atoms with Crippen LogP contribution in [-0.2, 0) is 14.6 Å². The Morgan fingerprint density at radius 1 is 1.47 bits per heavy atom. The van der Waals surface area contributed by atoms with E-state index >= 15 is 0 Å². The van der Waals surface area contributed by atoms with E-state index in [9.17, 15) is 13.2 Å². The van der Waals surface area contributed by atoms with E-state index in [4.69, 9.17) is 5.26 Å². The summed E-state index contributed by atoms with van der Waals surface area (Å²) in [5.74, 6) is -0.821. The zero-order valence-electron chi connectivity index (χ0n) is 10.2. The van der Waals surface area contributed by atoms with Crippen molar-refractivity contribution >= 4 is 15.7 Å². The number of carbonyl (C=O) groups excluding carboxylic acids is 1. The Labute approximate surface area is 102 Å². The molecule has 0 bridgehead atoms. The molecule has 1 heterocycles. The SMILES string of the molecule is CCC(C#N)(CC)NC(=O)C1CCS(=O)(=O)C1. The van der Waals surface area contributed by atoms with Crippen molar-refractivity contribution in [2.75, 3.05) is 11.5 Å². The third-order valence-corrected chi connectivity index (χ3v) is 5.15. The fourth-order valence-corrected chi connectivity index (χ4v) is 3.69. The molecule has 0 spiro atoms. The van der Waals surface area contributed by atoms with Crippen LogP contribution in [0.3, 0.4) is 0 Å². The standard InChI is InChI=1S/C11H18N2O3S/c1-3-11(4-2,8-12)13-10(14)9-5-6-17(15,16)7-9/h9H,3-7H2,1-2H3,(H,13,14). The number of nitrogens with one attached hydrogen (secondary N) is 1. The van der Waals surface area contributed by atoms with E-state index in [2.05, 4.69) is 11.4 Å². The molecule has 1 saturated heterocycles. The molecule has 1 aliphatic heterocycles. The molecule has 1 N–H and O–H groups in total. The van der Waals surface area contributed by atoms with Crippen LogP contribution in [0.15, 0.2) is 0 Å². The molecular weight excluding hydrogens is 240 g/mol. The van der Waals surface area contributed by atoms with Gasteiger partial charge in [-0.2, -0.15) is 5.26 Å². The minimum atomic E-state index is -3.06. The molecule has 0 aromatic heterocycles. The molecule has 0 radical (unpaired) electrons. The lowest BCUT2D eigenvalue weighted by Gasteiger charge is -2.26. The Hall–Kier alpha value is -1.09. The molecule has 6 heteroatoms. The molecule has 96 valence electrons. The molecule has 0 aromatic carbocycles. The van der Waals surface area contributed by atoms with Gasteiger partial charge in [-0.25, -0.2) is 8.42 Å². The van der Waals surface area contributed by atoms with Crippen LogP contribution in [0.1, 0.15) is 33.1 Å². The molecule has 0 saturated carbocycles. The lowest BCUT2D eigenvalue weighted by Crippen LogP contribution is -2.49. The van der Waals surface area contributed by atoms with Gasteiger partial charge < -0.3 is 5.32 Å². The first-order chi connectivity index (χ1) is 7.88. The second-order valence-corrected chi connectivity index (χ2v) is 6.72. The average Bonchev–Trinajstić information content (AvgIpc) is 2.67. The van der Waals surface area contributed by atoms with Crippen molar-refractivity contribution < 1.29 is 13.2 Å². The van der Waals surface area contributed by atoms with Crippen LogP contribution in [-0.4, -0.2) is 31.4 Å². The van der Waals surface area contributed by atoms with Gasteiger partial charge in [0.05, 0.1) is 23.5 Å². The van der Waals surface area contributed by atoms with Crippen LogP contribution >= 0.6 is 0 Å². The zero-order valence-corrected chi connectivity index (χ0v) is 11.0. The van der Waals surface area contributed by atoms with Crippen molar-refractivity contribution in [2.45, 2.75) is 38.6 Å². The maximum atomic E-state index is 11.9. The van der Waals surface area contributed by atoms with Gasteiger partial charge in [-0.05, 0) is 19.3 Å². The highest BCUT2D eigenvalue weighted by molar-refractivity contribution is 7.91. The van der Waals surface area contributed by atoms with E-state index in [0.717, 1.165) is 0 Å². The molecule has 1 unspecified atom stereocenters. The number of rotatable bonds is 4. The summed E-state index contributed by atoms with van der Waals surface area (Å²) in [4.78, 5) is 11.9. The number of amides is 1. The topological polar surface area (TPSA) is 87.0 Å². The first kappa shape index (κ1) is 14.0. The predicted molar refractivity (Wildman–Crippen MR) is 63.8 cm³/mol. The van der Waals surface area contributed by atoms with E-state index < -0.39 is 21.3 Å². The van der Waals surface area contributed by atoms with Gasteiger partial charge >= 0.3 is 0 Å². The summed E-state index contributed by atoms with van der Waals surface area (Å²) in [6.07, 6.45) is 1.40. The van der Waals surface area contributed by atoms with Gasteiger partial charge in [0.15, 0.2) is 9.84 Å². The van der Waals surface area contributed by atoms with E-state index in [1.165, 1.54) is 0 Å². The Morgan fingerprint density at radius 3 is 2.41 bits per heavy atom. The Bertz CT molecular complexity index is 432. The van der Waals surface area contributed by atoms with E-state index in [-0.39, 0.29) is 17.4 Å². The van der Waals surface area contributed by atoms with Crippen LogP contribution in [0.4, 0.5) is 0 Å². The minimum Gasteiger partial charge on any atom is -0.338 e. The zero-order chi connectivity index (χ0) is 13.1. The molecule has 1 rings (SSSR count). The monoisotopic (exact) mass is 258 g/mol. The molecule has 1 aliphatic rings. The number of hydrogen-bond donors (Lipinski definition) is 1. The Balaban J connectivity index is 2.71. The number of hydrogen-bond acceptors (Lipinski definition) is 4. The summed E-state index contributed by atoms with van der Waals surface area (Å²) >= 11 is 0. The first-order valence-electron chi connectivity index (χ1n) is 5.81. The number of nitrogens with zero attached hydrogens (tertiary/aromatic N) is 1. The molecule has 0 aromatic rings. The van der Waals surface area contributed by atoms with Crippen molar-refractivity contribution in [3.63, 3.8) is 0 Å². The molecule has 5 nitrogen and oxygen atoms in total. The van der Waals surface area contributed by atoms with Gasteiger partial charge in [-0.3, -0.25) is 4.79 Å². The smallest absolute Gasteiger partial charge is 0.225 e. The maximum Gasteiger partial charge on any atom is 0.225 e. The third-order valence-electron chi connectivity index (χ3n) is 3.39. The number of sulfone groups is 1. The lowest BCUT2D eigenvalue weighted by atomic mass is 9.93. The quantitative estimate of drug-likeness (QED) is 0.800. The van der Waals surface area contributed by atoms with E-state index in [0.29, 0.717) is 19.3 Å². The van der Waals surface area contributed by atoms with Crippen LogP contribution in [0.2, 0.25) is 0 Å². The van der Waals surface area contributed by atoms with E-state index in [1.54, 1.807) is 0 Å². The van der Waals surface area contributed by atoms with E-state index in [1.807, 2.05) is 13.8 Å². The van der Waals surface area contributed by atoms with Crippen LogP contribution in [0.25, 0.3) is 0 Å². The highest BCUT2D eigenvalue weighted by Crippen LogP contribution is 2.21. The highest BCUT2D eigenvalue weighted by Gasteiger charge is 2.36. The fourth-order valence-electron chi connectivity index (χ4n) is 1.95. The van der Waals surface area contributed by atoms with Crippen molar-refractivity contribution in [1.82, 2.24) is 5.32 Å². The molecule has 1 fully saturated rings. The van der Waals surface area contributed by atoms with Gasteiger partial charge in [-0.15, -0.1) is 0 Å². The van der Waals surface area contributed by atoms with Gasteiger partial charge in [-0.1, -0.05) is 13.8 Å². The van der Waals surface area contributed by atoms with Crippen LogP contribution in [0, 0.1) is 17.2 Å². The summed E-state index contributed by atoms with van der Waals surface area (Å²) < 4.78 is 22.5. The highest BCUT2D eigenvalue weighted by atomic mass is 32.2. The van der Waals surface area contributed by atoms with Gasteiger partial charge in [0.2, 0.25) is 5.91 Å². The average molecular weight is 258 g/mol. The molecule has 17 heavy (non-hydrogen) atoms. The largest absolute Gasteiger partial charge is 0.338 e. The summed E-state index contributed by atoms with van der Waals surface area (Å²) in [7, 11) is -3.06. The second-order valence-electron chi connectivity index (χ2n) is 4.49. The summed E-state index contributed by atoms with van der Waals surface area (Å²) in [5, 5.41) is 11.8. The summed E-state index contributed by atoms with van der Waals surface area (Å²) in [5.41, 5.74) is -0.858. The molecule has 1 amide bonds. The summed E-state index contributed by atoms with van der Waals surface area (Å²) in [6.45, 7) is 3.66.